The predicted octanol–water partition coefficient (Wildman–Crippen LogP) is 1.64. The number of nitrogens with zero attached hydrogens (tertiary/aromatic N) is 4. The fourth-order valence-electron chi connectivity index (χ4n) is 1.14. The van der Waals surface area contributed by atoms with E-state index in [-0.39, 0.29) is 23.2 Å². The van der Waals surface area contributed by atoms with E-state index >= 15 is 0 Å². The fraction of sp³-hybridized carbons (Fsp3) is 0.125. The van der Waals surface area contributed by atoms with Crippen LogP contribution in [0.15, 0.2) is 23.0 Å². The minimum atomic E-state index is -0.554. The highest BCUT2D eigenvalue weighted by molar-refractivity contribution is 6.29. The van der Waals surface area contributed by atoms with Crippen molar-refractivity contribution in [3.63, 3.8) is 0 Å². The summed E-state index contributed by atoms with van der Waals surface area (Å²) in [5, 5.41) is 17.2. The highest BCUT2D eigenvalue weighted by Gasteiger charge is 2.15. The van der Waals surface area contributed by atoms with E-state index in [1.807, 2.05) is 0 Å². The Morgan fingerprint density at radius 2 is 2.35 bits per heavy atom. The number of anilines is 1. The van der Waals surface area contributed by atoms with Gasteiger partial charge in [-0.1, -0.05) is 16.8 Å². The van der Waals surface area contributed by atoms with Crippen LogP contribution in [-0.2, 0) is 6.54 Å². The van der Waals surface area contributed by atoms with Crippen LogP contribution in [0.5, 0.6) is 0 Å². The molecule has 0 spiro atoms. The van der Waals surface area contributed by atoms with E-state index in [0.29, 0.717) is 5.82 Å². The smallest absolute Gasteiger partial charge is 0.311 e. The van der Waals surface area contributed by atoms with Gasteiger partial charge in [-0.2, -0.15) is 4.98 Å². The van der Waals surface area contributed by atoms with Gasteiger partial charge in [0.15, 0.2) is 5.82 Å². The molecule has 9 heteroatoms. The summed E-state index contributed by atoms with van der Waals surface area (Å²) in [6, 6.07) is 2.62. The number of pyridine rings is 1. The molecule has 8 nitrogen and oxygen atoms in total. The molecule has 2 rings (SSSR count). The third kappa shape index (κ3) is 2.67. The maximum Gasteiger partial charge on any atom is 0.311 e. The summed E-state index contributed by atoms with van der Waals surface area (Å²) in [6.45, 7) is 0.157. The zero-order valence-corrected chi connectivity index (χ0v) is 9.09. The number of hydrogen-bond acceptors (Lipinski definition) is 7. The average molecular weight is 256 g/mol. The highest BCUT2D eigenvalue weighted by Crippen LogP contribution is 2.24. The molecule has 0 saturated heterocycles. The molecule has 2 heterocycles. The van der Waals surface area contributed by atoms with Gasteiger partial charge < -0.3 is 9.84 Å². The third-order valence-electron chi connectivity index (χ3n) is 1.86. The Kier molecular flexibility index (Phi) is 3.15. The van der Waals surface area contributed by atoms with E-state index < -0.39 is 4.92 Å². The molecule has 0 amide bonds. The molecule has 0 bridgehead atoms. The first-order valence-corrected chi connectivity index (χ1v) is 4.84. The maximum atomic E-state index is 10.7. The van der Waals surface area contributed by atoms with Crippen molar-refractivity contribution in [2.24, 2.45) is 0 Å². The van der Waals surface area contributed by atoms with E-state index in [2.05, 4.69) is 25.0 Å². The number of hydrogen-bond donors (Lipinski definition) is 1. The first-order valence-electron chi connectivity index (χ1n) is 4.47. The van der Waals surface area contributed by atoms with Gasteiger partial charge >= 0.3 is 5.69 Å². The van der Waals surface area contributed by atoms with Crippen molar-refractivity contribution in [2.75, 3.05) is 5.32 Å². The molecule has 2 aromatic heterocycles. The molecule has 0 aliphatic carbocycles. The molecule has 88 valence electrons. The number of rotatable bonds is 4. The van der Waals surface area contributed by atoms with Gasteiger partial charge in [0.05, 0.1) is 11.5 Å². The Morgan fingerprint density at radius 1 is 1.53 bits per heavy atom. The van der Waals surface area contributed by atoms with E-state index in [1.165, 1.54) is 12.1 Å². The van der Waals surface area contributed by atoms with Gasteiger partial charge in [0.25, 0.3) is 0 Å². The van der Waals surface area contributed by atoms with Gasteiger partial charge in [0, 0.05) is 6.07 Å². The summed E-state index contributed by atoms with van der Waals surface area (Å²) in [7, 11) is 0. The summed E-state index contributed by atoms with van der Waals surface area (Å²) in [5.41, 5.74) is -0.169. The quantitative estimate of drug-likeness (QED) is 0.503. The van der Waals surface area contributed by atoms with Crippen molar-refractivity contribution in [3.05, 3.63) is 39.6 Å². The van der Waals surface area contributed by atoms with Crippen LogP contribution in [0.1, 0.15) is 5.82 Å². The van der Waals surface area contributed by atoms with Crippen LogP contribution in [0.2, 0.25) is 5.15 Å². The maximum absolute atomic E-state index is 10.7. The van der Waals surface area contributed by atoms with Crippen LogP contribution in [0, 0.1) is 10.1 Å². The second-order valence-electron chi connectivity index (χ2n) is 2.96. The van der Waals surface area contributed by atoms with E-state index in [9.17, 15) is 10.1 Å². The molecular weight excluding hydrogens is 250 g/mol. The monoisotopic (exact) mass is 255 g/mol. The van der Waals surface area contributed by atoms with Crippen LogP contribution in [0.25, 0.3) is 0 Å². The number of nitro groups is 1. The largest absolute Gasteiger partial charge is 0.357 e. The second-order valence-corrected chi connectivity index (χ2v) is 3.35. The van der Waals surface area contributed by atoms with Crippen molar-refractivity contribution >= 4 is 23.1 Å². The lowest BCUT2D eigenvalue weighted by Gasteiger charge is -2.03. The minimum Gasteiger partial charge on any atom is -0.357 e. The molecule has 0 saturated carbocycles. The first-order chi connectivity index (χ1) is 8.16. The van der Waals surface area contributed by atoms with Crippen molar-refractivity contribution in [3.8, 4) is 0 Å². The summed E-state index contributed by atoms with van der Waals surface area (Å²) >= 11 is 5.66. The van der Waals surface area contributed by atoms with Crippen LogP contribution < -0.4 is 5.32 Å². The molecule has 2 aromatic rings. The fourth-order valence-corrected chi connectivity index (χ4v) is 1.29. The molecular formula is C8H6ClN5O3. The van der Waals surface area contributed by atoms with Gasteiger partial charge in [-0.3, -0.25) is 10.1 Å². The SMILES string of the molecule is O=[N+]([O-])c1ccc(Cl)nc1NCc1ncon1. The third-order valence-corrected chi connectivity index (χ3v) is 2.07. The van der Waals surface area contributed by atoms with E-state index in [1.54, 1.807) is 0 Å². The zero-order chi connectivity index (χ0) is 12.3. The predicted molar refractivity (Wildman–Crippen MR) is 57.5 cm³/mol. The average Bonchev–Trinajstić information content (AvgIpc) is 2.78. The minimum absolute atomic E-state index is 0.0623. The van der Waals surface area contributed by atoms with Crippen molar-refractivity contribution in [1.29, 1.82) is 0 Å². The molecule has 1 N–H and O–H groups in total. The normalized spacial score (nSPS) is 10.2. The molecule has 0 aliphatic heterocycles. The van der Waals surface area contributed by atoms with Gasteiger partial charge in [-0.15, -0.1) is 0 Å². The summed E-state index contributed by atoms with van der Waals surface area (Å²) in [6.07, 6.45) is 1.16. The Hall–Kier alpha value is -2.22. The zero-order valence-electron chi connectivity index (χ0n) is 8.33. The van der Waals surface area contributed by atoms with Crippen molar-refractivity contribution < 1.29 is 9.45 Å². The van der Waals surface area contributed by atoms with Crippen LogP contribution in [0.3, 0.4) is 0 Å². The van der Waals surface area contributed by atoms with E-state index in [0.717, 1.165) is 6.39 Å². The van der Waals surface area contributed by atoms with Crippen molar-refractivity contribution in [2.45, 2.75) is 6.54 Å². The molecule has 0 atom stereocenters. The second kappa shape index (κ2) is 4.74. The van der Waals surface area contributed by atoms with E-state index in [4.69, 9.17) is 11.6 Å². The topological polar surface area (TPSA) is 107 Å². The lowest BCUT2D eigenvalue weighted by Crippen LogP contribution is -2.05. The lowest BCUT2D eigenvalue weighted by atomic mass is 10.4. The molecule has 0 unspecified atom stereocenters. The molecule has 0 radical (unpaired) electrons. The standard InChI is InChI=1S/C8H6ClN5O3/c9-6-2-1-5(14(15)16)8(12-6)10-3-7-11-4-17-13-7/h1-2,4H,3H2,(H,10,12). The lowest BCUT2D eigenvalue weighted by molar-refractivity contribution is -0.384. The molecule has 17 heavy (non-hydrogen) atoms. The Labute approximate surface area is 99.8 Å². The molecule has 0 fully saturated rings. The van der Waals surface area contributed by atoms with Crippen LogP contribution >= 0.6 is 11.6 Å². The number of aromatic nitrogens is 3. The van der Waals surface area contributed by atoms with Crippen molar-refractivity contribution in [1.82, 2.24) is 15.1 Å². The van der Waals surface area contributed by atoms with Gasteiger partial charge in [-0.05, 0) is 6.07 Å². The Morgan fingerprint density at radius 3 is 3.00 bits per heavy atom. The molecule has 0 aromatic carbocycles. The van der Waals surface area contributed by atoms with Crippen LogP contribution in [-0.4, -0.2) is 20.0 Å². The highest BCUT2D eigenvalue weighted by atomic mass is 35.5. The first kappa shape index (κ1) is 11.3. The van der Waals surface area contributed by atoms with Gasteiger partial charge in [0.1, 0.15) is 5.15 Å². The number of halogens is 1. The molecule has 0 aliphatic rings. The Balaban J connectivity index is 2.19. The Bertz CT molecular complexity index is 530. The van der Waals surface area contributed by atoms with Crippen LogP contribution in [0.4, 0.5) is 11.5 Å². The van der Waals surface area contributed by atoms with Gasteiger partial charge in [0.2, 0.25) is 12.2 Å². The summed E-state index contributed by atoms with van der Waals surface area (Å²) in [4.78, 5) is 17.8. The summed E-state index contributed by atoms with van der Waals surface area (Å²) < 4.78 is 4.52. The van der Waals surface area contributed by atoms with Gasteiger partial charge in [-0.25, -0.2) is 4.98 Å². The number of nitrogens with one attached hydrogen (secondary N) is 1. The summed E-state index contributed by atoms with van der Waals surface area (Å²) in [5.74, 6) is 0.424.